The first-order valence-electron chi connectivity index (χ1n) is 22.1. The molecular formula is C47H54Cl4N10O6. The van der Waals surface area contributed by atoms with Gasteiger partial charge in [0.25, 0.3) is 11.8 Å². The highest BCUT2D eigenvalue weighted by atomic mass is 35.5. The summed E-state index contributed by atoms with van der Waals surface area (Å²) in [6, 6.07) is 9.14. The molecule has 2 aromatic carbocycles. The normalized spacial score (nSPS) is 18.5. The number of halogens is 4. The molecule has 0 saturated carbocycles. The molecule has 4 aromatic rings. The summed E-state index contributed by atoms with van der Waals surface area (Å²) in [4.78, 5) is 90.1. The van der Waals surface area contributed by atoms with Gasteiger partial charge in [0.2, 0.25) is 23.6 Å². The minimum absolute atomic E-state index is 0.0304. The monoisotopic (exact) mass is 994 g/mol. The number of fused-ring (bicyclic) bond motifs is 2. The van der Waals surface area contributed by atoms with Gasteiger partial charge in [0, 0.05) is 62.3 Å². The summed E-state index contributed by atoms with van der Waals surface area (Å²) in [7, 11) is 0. The molecule has 4 heterocycles. The highest BCUT2D eigenvalue weighted by molar-refractivity contribution is 6.39. The SMILES string of the molecule is CC(C)(C)C[C@H](NC(=O)c1cc2c(Cl)cc(Cl)cc2[nH]1)C(=O)N[C@H](C#N)C[C@@H]1CCCN(C(C)(C)CC(NC(=O)c2cc3c(Cl)cc(Cl)cc3[nH]2)C(=O)NC(C#N)CC2CCCNC2=O)C1=O. The number of amides is 6. The molecular weight excluding hydrogens is 942 g/mol. The summed E-state index contributed by atoms with van der Waals surface area (Å²) < 4.78 is 0. The number of hydrogen-bond donors (Lipinski definition) is 7. The molecule has 0 aliphatic carbocycles. The van der Waals surface area contributed by atoms with Crippen molar-refractivity contribution in [3.8, 4) is 12.1 Å². The summed E-state index contributed by atoms with van der Waals surface area (Å²) in [5.74, 6) is -4.21. The van der Waals surface area contributed by atoms with E-state index < -0.39 is 70.6 Å². The summed E-state index contributed by atoms with van der Waals surface area (Å²) in [6.07, 6.45) is 2.41. The van der Waals surface area contributed by atoms with Gasteiger partial charge in [-0.05, 0) is 107 Å². The van der Waals surface area contributed by atoms with Crippen LogP contribution >= 0.6 is 46.4 Å². The van der Waals surface area contributed by atoms with Crippen LogP contribution in [0.15, 0.2) is 36.4 Å². The average Bonchev–Trinajstić information content (AvgIpc) is 3.89. The Bertz CT molecular complexity index is 2660. The van der Waals surface area contributed by atoms with E-state index in [1.54, 1.807) is 43.0 Å². The third-order valence-electron chi connectivity index (χ3n) is 12.2. The van der Waals surface area contributed by atoms with Crippen LogP contribution in [0, 0.1) is 39.9 Å². The smallest absolute Gasteiger partial charge is 0.268 e. The molecule has 2 aliphatic rings. The van der Waals surface area contributed by atoms with Crippen LogP contribution in [-0.2, 0) is 19.2 Å². The van der Waals surface area contributed by atoms with Crippen LogP contribution in [0.3, 0.4) is 0 Å². The molecule has 2 aliphatic heterocycles. The first-order valence-corrected chi connectivity index (χ1v) is 23.6. The fourth-order valence-electron chi connectivity index (χ4n) is 8.91. The zero-order chi connectivity index (χ0) is 49.0. The number of aromatic amines is 2. The highest BCUT2D eigenvalue weighted by Crippen LogP contribution is 2.33. The largest absolute Gasteiger partial charge is 0.356 e. The number of carbonyl (C=O) groups excluding carboxylic acids is 6. The molecule has 0 radical (unpaired) electrons. The van der Waals surface area contributed by atoms with E-state index in [1.165, 1.54) is 12.1 Å². The maximum Gasteiger partial charge on any atom is 0.268 e. The standard InChI is InChI=1S/C47H54Cl4N10O6/c1-46(2,3)20-38(59-41(63)36-18-30-32(50)14-26(48)16-34(30)57-36)43(65)56-29(23-53)13-25-9-7-11-61(45(25)67)47(4,5)21-39(44(66)55-28(22-52)12-24-8-6-10-54-40(24)62)60-42(64)37-19-31-33(51)15-27(49)17-35(31)58-37/h14-19,24-25,28-29,38-39,57-58H,6-13,20-21H2,1-5H3,(H,54,62)(H,55,66)(H,56,65)(H,59,63)(H,60,64)/t24?,25-,28?,29-,38-,39?/m0/s1. The third kappa shape index (κ3) is 12.7. The number of piperidine rings is 2. The highest BCUT2D eigenvalue weighted by Gasteiger charge is 2.42. The number of nitriles is 2. The number of carbonyl (C=O) groups is 6. The van der Waals surface area contributed by atoms with Crippen LogP contribution < -0.4 is 26.6 Å². The van der Waals surface area contributed by atoms with E-state index in [9.17, 15) is 39.3 Å². The minimum atomic E-state index is -1.28. The van der Waals surface area contributed by atoms with E-state index in [4.69, 9.17) is 46.4 Å². The number of likely N-dealkylation sites (tertiary alicyclic amines) is 1. The Morgan fingerprint density at radius 3 is 1.66 bits per heavy atom. The Balaban J connectivity index is 1.17. The molecule has 7 N–H and O–H groups in total. The Kier molecular flexibility index (Phi) is 16.1. The summed E-state index contributed by atoms with van der Waals surface area (Å²) in [6.45, 7) is 10.1. The Morgan fingerprint density at radius 2 is 1.18 bits per heavy atom. The first kappa shape index (κ1) is 50.9. The second-order valence-corrected chi connectivity index (χ2v) is 20.9. The van der Waals surface area contributed by atoms with Crippen molar-refractivity contribution in [1.29, 1.82) is 10.5 Å². The van der Waals surface area contributed by atoms with Crippen molar-refractivity contribution in [2.75, 3.05) is 13.1 Å². The van der Waals surface area contributed by atoms with Gasteiger partial charge in [0.1, 0.15) is 35.6 Å². The number of H-pyrrole nitrogens is 2. The van der Waals surface area contributed by atoms with E-state index in [0.717, 1.165) is 6.42 Å². The van der Waals surface area contributed by atoms with E-state index in [-0.39, 0.29) is 48.9 Å². The van der Waals surface area contributed by atoms with Gasteiger partial charge in [0.05, 0.1) is 22.2 Å². The molecule has 0 bridgehead atoms. The van der Waals surface area contributed by atoms with Crippen LogP contribution in [0.4, 0.5) is 0 Å². The van der Waals surface area contributed by atoms with Crippen LogP contribution in [0.2, 0.25) is 20.1 Å². The zero-order valence-corrected chi connectivity index (χ0v) is 40.8. The van der Waals surface area contributed by atoms with Gasteiger partial charge in [-0.25, -0.2) is 0 Å². The van der Waals surface area contributed by atoms with Crippen LogP contribution in [0.25, 0.3) is 21.8 Å². The van der Waals surface area contributed by atoms with Gasteiger partial charge >= 0.3 is 0 Å². The quantitative estimate of drug-likeness (QED) is 0.0598. The van der Waals surface area contributed by atoms with Crippen molar-refractivity contribution < 1.29 is 28.8 Å². The van der Waals surface area contributed by atoms with E-state index in [2.05, 4.69) is 48.7 Å². The molecule has 0 spiro atoms. The molecule has 6 atom stereocenters. The van der Waals surface area contributed by atoms with Crippen molar-refractivity contribution >= 4 is 104 Å². The summed E-state index contributed by atoms with van der Waals surface area (Å²) in [5, 5.41) is 36.8. The fourth-order valence-corrected chi connectivity index (χ4v) is 10.0. The molecule has 2 fully saturated rings. The minimum Gasteiger partial charge on any atom is -0.356 e. The maximum absolute atomic E-state index is 14.4. The molecule has 6 amide bonds. The lowest BCUT2D eigenvalue weighted by Crippen LogP contribution is -2.59. The molecule has 2 saturated heterocycles. The van der Waals surface area contributed by atoms with Gasteiger partial charge < -0.3 is 41.5 Å². The summed E-state index contributed by atoms with van der Waals surface area (Å²) in [5.41, 5.74) is -0.232. The van der Waals surface area contributed by atoms with Crippen molar-refractivity contribution in [1.82, 2.24) is 41.5 Å². The second kappa shape index (κ2) is 21.2. The molecule has 356 valence electrons. The lowest BCUT2D eigenvalue weighted by Gasteiger charge is -2.45. The predicted octanol–water partition coefficient (Wildman–Crippen LogP) is 7.33. The van der Waals surface area contributed by atoms with Gasteiger partial charge in [0.15, 0.2) is 0 Å². The molecule has 6 rings (SSSR count). The topological polar surface area (TPSA) is 245 Å². The Labute approximate surface area is 408 Å². The van der Waals surface area contributed by atoms with Crippen molar-refractivity contribution in [2.24, 2.45) is 17.3 Å². The van der Waals surface area contributed by atoms with Crippen LogP contribution in [-0.4, -0.2) is 93.1 Å². The molecule has 20 heteroatoms. The Morgan fingerprint density at radius 1 is 0.701 bits per heavy atom. The average molecular weight is 997 g/mol. The van der Waals surface area contributed by atoms with E-state index in [0.29, 0.717) is 74.2 Å². The zero-order valence-electron chi connectivity index (χ0n) is 37.8. The molecule has 3 unspecified atom stereocenters. The number of rotatable bonds is 16. The number of nitrogens with zero attached hydrogens (tertiary/aromatic N) is 3. The van der Waals surface area contributed by atoms with Gasteiger partial charge in [-0.2, -0.15) is 10.5 Å². The number of aromatic nitrogens is 2. The lowest BCUT2D eigenvalue weighted by molar-refractivity contribution is -0.146. The van der Waals surface area contributed by atoms with Crippen LogP contribution in [0.1, 0.15) is 107 Å². The maximum atomic E-state index is 14.4. The van der Waals surface area contributed by atoms with Crippen molar-refractivity contribution in [3.63, 3.8) is 0 Å². The lowest BCUT2D eigenvalue weighted by atomic mass is 9.84. The van der Waals surface area contributed by atoms with Gasteiger partial charge in [-0.1, -0.05) is 67.2 Å². The number of nitrogens with one attached hydrogen (secondary N) is 7. The fraction of sp³-hybridized carbons (Fsp3) is 0.489. The number of hydrogen-bond acceptors (Lipinski definition) is 8. The van der Waals surface area contributed by atoms with Crippen LogP contribution in [0.5, 0.6) is 0 Å². The number of benzene rings is 2. The second-order valence-electron chi connectivity index (χ2n) is 19.2. The van der Waals surface area contributed by atoms with Crippen molar-refractivity contribution in [2.45, 2.75) is 116 Å². The van der Waals surface area contributed by atoms with Gasteiger partial charge in [-0.3, -0.25) is 28.8 Å². The molecule has 2 aromatic heterocycles. The van der Waals surface area contributed by atoms with Gasteiger partial charge in [-0.15, -0.1) is 0 Å². The summed E-state index contributed by atoms with van der Waals surface area (Å²) >= 11 is 25.1. The molecule has 67 heavy (non-hydrogen) atoms. The third-order valence-corrected chi connectivity index (χ3v) is 13.3. The molecule has 16 nitrogen and oxygen atoms in total. The Hall–Kier alpha value is -5.52. The predicted molar refractivity (Wildman–Crippen MR) is 256 cm³/mol. The van der Waals surface area contributed by atoms with Crippen molar-refractivity contribution in [3.05, 3.63) is 67.9 Å². The first-order chi connectivity index (χ1) is 31.5. The van der Waals surface area contributed by atoms with E-state index in [1.807, 2.05) is 20.8 Å². The van der Waals surface area contributed by atoms with E-state index >= 15 is 0 Å².